The smallest absolute Gasteiger partial charge is 0.331 e. The van der Waals surface area contributed by atoms with Crippen LogP contribution in [-0.4, -0.2) is 61.3 Å². The first-order valence-corrected chi connectivity index (χ1v) is 15.7. The first-order chi connectivity index (χ1) is 21.0. The van der Waals surface area contributed by atoms with Gasteiger partial charge < -0.3 is 28.5 Å². The highest BCUT2D eigenvalue weighted by atomic mass is 16.6. The van der Waals surface area contributed by atoms with Crippen LogP contribution in [0.4, 0.5) is 0 Å². The molecule has 7 rings (SSSR count). The minimum atomic E-state index is -0.753. The van der Waals surface area contributed by atoms with Crippen LogP contribution in [0.25, 0.3) is 6.08 Å². The van der Waals surface area contributed by atoms with E-state index in [1.54, 1.807) is 18.6 Å². The Morgan fingerprint density at radius 3 is 2.59 bits per heavy atom. The average molecular weight is 603 g/mol. The minimum absolute atomic E-state index is 0.131. The first kappa shape index (κ1) is 29.5. The SMILES string of the molecule is COC(=O)C[C@H]1[C@]2(C)C3=C(C)[C@H](c4ccoc4)C[C@H]3O[C@@H]2[C@H]2OC[C@@]3(C)C2[C@]1(C)[C@@H](OC(=O)/C=C/c1ccccc1)C[C@H]3O. The molecule has 11 atom stereocenters. The van der Waals surface area contributed by atoms with Gasteiger partial charge in [0, 0.05) is 47.0 Å². The Morgan fingerprint density at radius 1 is 1.11 bits per heavy atom. The number of hydrogen-bond acceptors (Lipinski definition) is 8. The van der Waals surface area contributed by atoms with Crippen molar-refractivity contribution in [3.63, 3.8) is 0 Å². The van der Waals surface area contributed by atoms with Gasteiger partial charge in [0.05, 0.1) is 50.7 Å². The van der Waals surface area contributed by atoms with Crippen LogP contribution in [0.2, 0.25) is 0 Å². The Balaban J connectivity index is 1.34. The van der Waals surface area contributed by atoms with Gasteiger partial charge in [-0.15, -0.1) is 0 Å². The first-order valence-electron chi connectivity index (χ1n) is 15.7. The highest BCUT2D eigenvalue weighted by molar-refractivity contribution is 5.87. The van der Waals surface area contributed by atoms with E-state index >= 15 is 0 Å². The van der Waals surface area contributed by atoms with Crippen LogP contribution >= 0.6 is 0 Å². The van der Waals surface area contributed by atoms with Gasteiger partial charge in [-0.3, -0.25) is 4.79 Å². The van der Waals surface area contributed by atoms with Gasteiger partial charge in [-0.05, 0) is 48.1 Å². The van der Waals surface area contributed by atoms with Gasteiger partial charge >= 0.3 is 11.9 Å². The number of fused-ring (bicyclic) bond motifs is 4. The lowest BCUT2D eigenvalue weighted by atomic mass is 9.40. The number of methoxy groups -OCH3 is 1. The number of esters is 2. The van der Waals surface area contributed by atoms with Crippen LogP contribution in [0, 0.1) is 28.1 Å². The molecule has 1 aromatic heterocycles. The topological polar surface area (TPSA) is 104 Å². The van der Waals surface area contributed by atoms with Crippen LogP contribution in [0.1, 0.15) is 64.0 Å². The largest absolute Gasteiger partial charge is 0.472 e. The summed E-state index contributed by atoms with van der Waals surface area (Å²) < 4.78 is 30.7. The number of carbonyl (C=O) groups is 2. The number of furan rings is 1. The third-order valence-corrected chi connectivity index (χ3v) is 12.2. The van der Waals surface area contributed by atoms with Crippen molar-refractivity contribution in [2.45, 2.75) is 83.4 Å². The Bertz CT molecular complexity index is 1500. The number of rotatable bonds is 6. The molecule has 0 spiro atoms. The number of hydrogen-bond donors (Lipinski definition) is 1. The zero-order valence-corrected chi connectivity index (χ0v) is 26.0. The Hall–Kier alpha value is -3.20. The summed E-state index contributed by atoms with van der Waals surface area (Å²) in [5.74, 6) is -1.17. The molecule has 2 saturated heterocycles. The number of benzene rings is 1. The molecule has 3 aliphatic carbocycles. The highest BCUT2D eigenvalue weighted by Gasteiger charge is 2.78. The molecule has 1 N–H and O–H groups in total. The summed E-state index contributed by atoms with van der Waals surface area (Å²) in [6.45, 7) is 8.96. The molecule has 234 valence electrons. The van der Waals surface area contributed by atoms with Crippen molar-refractivity contribution < 1.29 is 38.1 Å². The van der Waals surface area contributed by atoms with E-state index in [0.29, 0.717) is 6.61 Å². The minimum Gasteiger partial charge on any atom is -0.472 e. The molecule has 2 aromatic rings. The highest BCUT2D eigenvalue weighted by Crippen LogP contribution is 2.73. The Labute approximate surface area is 258 Å². The van der Waals surface area contributed by atoms with Gasteiger partial charge in [0.2, 0.25) is 0 Å². The molecule has 3 heterocycles. The fourth-order valence-corrected chi connectivity index (χ4v) is 10.2. The maximum Gasteiger partial charge on any atom is 0.331 e. The zero-order valence-electron chi connectivity index (χ0n) is 26.0. The van der Waals surface area contributed by atoms with Crippen molar-refractivity contribution in [1.29, 1.82) is 0 Å². The Kier molecular flexibility index (Phi) is 6.99. The van der Waals surface area contributed by atoms with E-state index in [1.165, 1.54) is 24.3 Å². The van der Waals surface area contributed by atoms with E-state index < -0.39 is 34.4 Å². The van der Waals surface area contributed by atoms with Crippen molar-refractivity contribution in [2.24, 2.45) is 28.1 Å². The molecule has 0 amide bonds. The van der Waals surface area contributed by atoms with Gasteiger partial charge in [0.15, 0.2) is 0 Å². The Morgan fingerprint density at radius 2 is 1.89 bits per heavy atom. The lowest BCUT2D eigenvalue weighted by molar-refractivity contribution is -0.248. The van der Waals surface area contributed by atoms with Crippen molar-refractivity contribution in [3.05, 3.63) is 77.3 Å². The van der Waals surface area contributed by atoms with Crippen molar-refractivity contribution in [1.82, 2.24) is 0 Å². The van der Waals surface area contributed by atoms with E-state index in [0.717, 1.165) is 17.5 Å². The lowest BCUT2D eigenvalue weighted by Gasteiger charge is -2.65. The number of allylic oxidation sites excluding steroid dienone is 1. The van der Waals surface area contributed by atoms with Crippen LogP contribution in [-0.2, 0) is 28.5 Å². The maximum atomic E-state index is 13.4. The second-order valence-corrected chi connectivity index (χ2v) is 14.1. The average Bonchev–Trinajstić information content (AvgIpc) is 3.79. The van der Waals surface area contributed by atoms with Crippen molar-refractivity contribution in [2.75, 3.05) is 13.7 Å². The summed E-state index contributed by atoms with van der Waals surface area (Å²) in [7, 11) is 1.42. The van der Waals surface area contributed by atoms with E-state index in [9.17, 15) is 14.7 Å². The molecule has 5 aliphatic rings. The summed E-state index contributed by atoms with van der Waals surface area (Å²) >= 11 is 0. The van der Waals surface area contributed by atoms with E-state index in [1.807, 2.05) is 36.4 Å². The lowest BCUT2D eigenvalue weighted by Crippen LogP contribution is -2.70. The summed E-state index contributed by atoms with van der Waals surface area (Å²) in [5, 5.41) is 11.6. The molecule has 0 bridgehead atoms. The third kappa shape index (κ3) is 4.06. The zero-order chi connectivity index (χ0) is 31.0. The molecular formula is C36H42O8. The van der Waals surface area contributed by atoms with E-state index in [2.05, 4.69) is 27.7 Å². The van der Waals surface area contributed by atoms with Crippen LogP contribution in [0.15, 0.2) is 70.6 Å². The molecule has 2 saturated carbocycles. The summed E-state index contributed by atoms with van der Waals surface area (Å²) in [4.78, 5) is 26.7. The molecular weight excluding hydrogens is 560 g/mol. The monoisotopic (exact) mass is 602 g/mol. The van der Waals surface area contributed by atoms with Crippen molar-refractivity contribution in [3.8, 4) is 0 Å². The predicted octanol–water partition coefficient (Wildman–Crippen LogP) is 5.47. The van der Waals surface area contributed by atoms with Crippen molar-refractivity contribution >= 4 is 18.0 Å². The number of ether oxygens (including phenoxy) is 4. The van der Waals surface area contributed by atoms with E-state index in [4.69, 9.17) is 23.4 Å². The molecule has 1 aromatic carbocycles. The van der Waals surface area contributed by atoms with Gasteiger partial charge in [0.25, 0.3) is 0 Å². The van der Waals surface area contributed by atoms with Crippen LogP contribution in [0.5, 0.6) is 0 Å². The van der Waals surface area contributed by atoms with Gasteiger partial charge in [-0.25, -0.2) is 4.79 Å². The third-order valence-electron chi connectivity index (χ3n) is 12.2. The quantitative estimate of drug-likeness (QED) is 0.264. The predicted molar refractivity (Wildman–Crippen MR) is 161 cm³/mol. The molecule has 1 unspecified atom stereocenters. The molecule has 2 aliphatic heterocycles. The number of aliphatic hydroxyl groups is 1. The van der Waals surface area contributed by atoms with E-state index in [-0.39, 0.29) is 54.9 Å². The molecule has 8 nitrogen and oxygen atoms in total. The van der Waals surface area contributed by atoms with Gasteiger partial charge in [0.1, 0.15) is 6.10 Å². The summed E-state index contributed by atoms with van der Waals surface area (Å²) in [6, 6.07) is 11.6. The molecule has 0 radical (unpaired) electrons. The fourth-order valence-electron chi connectivity index (χ4n) is 10.2. The second kappa shape index (κ2) is 10.4. The normalized spacial score (nSPS) is 42.2. The standard InChI is InChI=1S/C36H42O8/c1-20-23(22-13-14-41-18-22)15-24-30(20)36(4)25(16-29(39)40-5)35(3)27(44-28(38)12-11-21-9-7-6-8-10-21)17-26(37)34(2)19-42-31(32(34)35)33(36)43-24/h6-14,18,23-27,31-33,37H,15-17,19H2,1-5H3/b12-11+/t23-,24-,25-,26-,27+,31+,32?,33-,34-,35+,36-/m1/s1. The molecule has 8 heteroatoms. The van der Waals surface area contributed by atoms with Crippen LogP contribution in [0.3, 0.4) is 0 Å². The molecule has 4 fully saturated rings. The molecule has 44 heavy (non-hydrogen) atoms. The maximum absolute atomic E-state index is 13.4. The number of aliphatic hydroxyl groups excluding tert-OH is 1. The summed E-state index contributed by atoms with van der Waals surface area (Å²) in [5.41, 5.74) is 2.51. The number of carbonyl (C=O) groups excluding carboxylic acids is 2. The summed E-state index contributed by atoms with van der Waals surface area (Å²) in [6.07, 6.45) is 5.64. The second-order valence-electron chi connectivity index (χ2n) is 14.1. The fraction of sp³-hybridized carbons (Fsp3) is 0.556. The van der Waals surface area contributed by atoms with Gasteiger partial charge in [-0.1, -0.05) is 56.7 Å². The van der Waals surface area contributed by atoms with Crippen LogP contribution < -0.4 is 0 Å². The van der Waals surface area contributed by atoms with Gasteiger partial charge in [-0.2, -0.15) is 0 Å².